The Kier molecular flexibility index (Phi) is 4.96. The molecule has 116 valence electrons. The van der Waals surface area contributed by atoms with Crippen LogP contribution in [0.3, 0.4) is 0 Å². The fourth-order valence-electron chi connectivity index (χ4n) is 3.03. The third-order valence-corrected chi connectivity index (χ3v) is 4.49. The van der Waals surface area contributed by atoms with Gasteiger partial charge in [-0.2, -0.15) is 0 Å². The maximum atomic E-state index is 12.4. The zero-order valence-corrected chi connectivity index (χ0v) is 12.7. The quantitative estimate of drug-likeness (QED) is 0.879. The minimum atomic E-state index is -0.682. The Morgan fingerprint density at radius 2 is 2.29 bits per heavy atom. The lowest BCUT2D eigenvalue weighted by molar-refractivity contribution is -0.0713. The molecule has 1 saturated heterocycles. The molecule has 0 aromatic carbocycles. The third-order valence-electron chi connectivity index (χ3n) is 4.49. The first kappa shape index (κ1) is 15.9. The maximum Gasteiger partial charge on any atom is 0.255 e. The van der Waals surface area contributed by atoms with Gasteiger partial charge in [0, 0.05) is 30.4 Å². The number of likely N-dealkylation sites (tertiary alicyclic amines) is 1. The maximum absolute atomic E-state index is 12.4. The van der Waals surface area contributed by atoms with Crippen LogP contribution in [-0.4, -0.2) is 51.8 Å². The molecule has 2 rings (SSSR count). The lowest BCUT2D eigenvalue weighted by Gasteiger charge is -2.44. The van der Waals surface area contributed by atoms with Gasteiger partial charge in [-0.1, -0.05) is 13.3 Å². The van der Waals surface area contributed by atoms with Gasteiger partial charge in [-0.25, -0.2) is 0 Å². The first-order valence-electron chi connectivity index (χ1n) is 7.53. The molecule has 0 unspecified atom stereocenters. The fraction of sp³-hybridized carbons (Fsp3) is 0.625. The van der Waals surface area contributed by atoms with E-state index in [2.05, 4.69) is 4.98 Å². The Balaban J connectivity index is 2.08. The van der Waals surface area contributed by atoms with Gasteiger partial charge >= 0.3 is 0 Å². The molecule has 2 heterocycles. The number of β-amino-alcohol motifs (C(OH)–C–C–N with tert-alkyl or cyclic N) is 1. The number of amides is 1. The van der Waals surface area contributed by atoms with Gasteiger partial charge in [0.05, 0.1) is 18.3 Å². The van der Waals surface area contributed by atoms with Crippen molar-refractivity contribution in [2.45, 2.75) is 39.2 Å². The Labute approximate surface area is 125 Å². The normalized spacial score (nSPS) is 25.9. The van der Waals surface area contributed by atoms with E-state index in [1.165, 1.54) is 0 Å². The molecule has 0 bridgehead atoms. The molecule has 1 fully saturated rings. The van der Waals surface area contributed by atoms with Crippen molar-refractivity contribution in [3.63, 3.8) is 0 Å². The number of nitrogens with zero attached hydrogens (tertiary/aromatic N) is 2. The van der Waals surface area contributed by atoms with Gasteiger partial charge < -0.3 is 15.1 Å². The van der Waals surface area contributed by atoms with Crippen LogP contribution in [0.25, 0.3) is 0 Å². The summed E-state index contributed by atoms with van der Waals surface area (Å²) >= 11 is 0. The van der Waals surface area contributed by atoms with E-state index in [4.69, 9.17) is 0 Å². The average molecular weight is 292 g/mol. The molecule has 21 heavy (non-hydrogen) atoms. The van der Waals surface area contributed by atoms with Gasteiger partial charge in [-0.3, -0.25) is 9.78 Å². The van der Waals surface area contributed by atoms with E-state index >= 15 is 0 Å². The number of hydrogen-bond acceptors (Lipinski definition) is 4. The van der Waals surface area contributed by atoms with Gasteiger partial charge in [0.1, 0.15) is 0 Å². The van der Waals surface area contributed by atoms with E-state index in [1.807, 2.05) is 19.9 Å². The van der Waals surface area contributed by atoms with Gasteiger partial charge in [0.15, 0.2) is 0 Å². The molecule has 5 heteroatoms. The topological polar surface area (TPSA) is 73.7 Å². The summed E-state index contributed by atoms with van der Waals surface area (Å²) in [7, 11) is 0. The van der Waals surface area contributed by atoms with Crippen LogP contribution in [0.4, 0.5) is 0 Å². The molecule has 1 aliphatic rings. The Hall–Kier alpha value is -1.46. The molecule has 2 atom stereocenters. The zero-order chi connectivity index (χ0) is 15.5. The molecule has 0 spiro atoms. The SMILES string of the molecule is CCC[C@]1(CO)CCN(C(=O)c2ccc(C)nc2)C[C@H]1O. The highest BCUT2D eigenvalue weighted by Crippen LogP contribution is 2.36. The lowest BCUT2D eigenvalue weighted by Crippen LogP contribution is -2.54. The molecule has 1 aliphatic heterocycles. The molecule has 0 aliphatic carbocycles. The van der Waals surface area contributed by atoms with Gasteiger partial charge in [0.2, 0.25) is 0 Å². The summed E-state index contributed by atoms with van der Waals surface area (Å²) in [5.74, 6) is -0.107. The predicted octanol–water partition coefficient (Wildman–Crippen LogP) is 1.38. The molecule has 1 aromatic rings. The number of aromatic nitrogens is 1. The highest BCUT2D eigenvalue weighted by atomic mass is 16.3. The second-order valence-electron chi connectivity index (χ2n) is 5.98. The van der Waals surface area contributed by atoms with Crippen LogP contribution in [0.1, 0.15) is 42.2 Å². The fourth-order valence-corrected chi connectivity index (χ4v) is 3.03. The van der Waals surface area contributed by atoms with Crippen LogP contribution in [-0.2, 0) is 0 Å². The van der Waals surface area contributed by atoms with E-state index in [0.717, 1.165) is 18.5 Å². The average Bonchev–Trinajstić information content (AvgIpc) is 2.49. The van der Waals surface area contributed by atoms with Crippen molar-refractivity contribution in [2.24, 2.45) is 5.41 Å². The molecule has 2 N–H and O–H groups in total. The number of carbonyl (C=O) groups excluding carboxylic acids is 1. The Morgan fingerprint density at radius 3 is 2.81 bits per heavy atom. The standard InChI is InChI=1S/C16H24N2O3/c1-3-6-16(11-19)7-8-18(10-14(16)20)15(21)13-5-4-12(2)17-9-13/h4-5,9,14,19-20H,3,6-8,10-11H2,1-2H3/t14-,16-/m1/s1. The first-order chi connectivity index (χ1) is 10.0. The summed E-state index contributed by atoms with van der Waals surface area (Å²) < 4.78 is 0. The molecule has 1 aromatic heterocycles. The summed E-state index contributed by atoms with van der Waals surface area (Å²) in [6.07, 6.45) is 3.21. The van der Waals surface area contributed by atoms with E-state index in [-0.39, 0.29) is 19.1 Å². The van der Waals surface area contributed by atoms with Crippen molar-refractivity contribution in [1.82, 2.24) is 9.88 Å². The van der Waals surface area contributed by atoms with Crippen molar-refractivity contribution in [1.29, 1.82) is 0 Å². The molecular formula is C16H24N2O3. The van der Waals surface area contributed by atoms with Gasteiger partial charge in [-0.05, 0) is 31.9 Å². The number of aliphatic hydroxyl groups is 2. The van der Waals surface area contributed by atoms with Crippen molar-refractivity contribution in [2.75, 3.05) is 19.7 Å². The van der Waals surface area contributed by atoms with Crippen molar-refractivity contribution < 1.29 is 15.0 Å². The second kappa shape index (κ2) is 6.54. The number of aryl methyl sites for hydroxylation is 1. The van der Waals surface area contributed by atoms with E-state index in [0.29, 0.717) is 18.5 Å². The largest absolute Gasteiger partial charge is 0.396 e. The molecule has 5 nitrogen and oxygen atoms in total. The van der Waals surface area contributed by atoms with Crippen LogP contribution in [0.2, 0.25) is 0 Å². The minimum Gasteiger partial charge on any atom is -0.396 e. The van der Waals surface area contributed by atoms with E-state index < -0.39 is 11.5 Å². The minimum absolute atomic E-state index is 0.0316. The van der Waals surface area contributed by atoms with Crippen LogP contribution < -0.4 is 0 Å². The van der Waals surface area contributed by atoms with Crippen molar-refractivity contribution in [3.8, 4) is 0 Å². The number of hydrogen-bond donors (Lipinski definition) is 2. The van der Waals surface area contributed by atoms with Crippen LogP contribution in [0.5, 0.6) is 0 Å². The number of aliphatic hydroxyl groups excluding tert-OH is 2. The summed E-state index contributed by atoms with van der Waals surface area (Å²) in [4.78, 5) is 18.2. The second-order valence-corrected chi connectivity index (χ2v) is 5.98. The molecule has 0 radical (unpaired) electrons. The third kappa shape index (κ3) is 3.24. The summed E-state index contributed by atoms with van der Waals surface area (Å²) in [6, 6.07) is 3.57. The number of pyridine rings is 1. The smallest absolute Gasteiger partial charge is 0.255 e. The number of rotatable bonds is 4. The first-order valence-corrected chi connectivity index (χ1v) is 7.53. The van der Waals surface area contributed by atoms with E-state index in [1.54, 1.807) is 17.2 Å². The van der Waals surface area contributed by atoms with Crippen LogP contribution >= 0.6 is 0 Å². The molecular weight excluding hydrogens is 268 g/mol. The predicted molar refractivity (Wildman–Crippen MR) is 79.9 cm³/mol. The van der Waals surface area contributed by atoms with Crippen molar-refractivity contribution in [3.05, 3.63) is 29.6 Å². The Bertz CT molecular complexity index is 489. The number of carbonyl (C=O) groups is 1. The highest BCUT2D eigenvalue weighted by Gasteiger charge is 2.42. The number of piperidine rings is 1. The summed E-state index contributed by atoms with van der Waals surface area (Å²) in [5, 5.41) is 20.0. The van der Waals surface area contributed by atoms with Crippen LogP contribution in [0.15, 0.2) is 18.3 Å². The van der Waals surface area contributed by atoms with E-state index in [9.17, 15) is 15.0 Å². The monoisotopic (exact) mass is 292 g/mol. The molecule has 0 saturated carbocycles. The van der Waals surface area contributed by atoms with Crippen LogP contribution in [0, 0.1) is 12.3 Å². The highest BCUT2D eigenvalue weighted by molar-refractivity contribution is 5.94. The summed E-state index contributed by atoms with van der Waals surface area (Å²) in [6.45, 7) is 4.71. The van der Waals surface area contributed by atoms with Crippen molar-refractivity contribution >= 4 is 5.91 Å². The lowest BCUT2D eigenvalue weighted by atomic mass is 9.73. The zero-order valence-electron chi connectivity index (χ0n) is 12.7. The summed E-state index contributed by atoms with van der Waals surface area (Å²) in [5.41, 5.74) is 0.948. The van der Waals surface area contributed by atoms with Gasteiger partial charge in [-0.15, -0.1) is 0 Å². The van der Waals surface area contributed by atoms with Gasteiger partial charge in [0.25, 0.3) is 5.91 Å². The Morgan fingerprint density at radius 1 is 1.52 bits per heavy atom. The molecule has 1 amide bonds.